The molecule has 22 heavy (non-hydrogen) atoms. The Bertz CT molecular complexity index is 664. The number of pyridine rings is 1. The molecular formula is C19H22N2O. The molecule has 0 spiro atoms. The van der Waals surface area contributed by atoms with E-state index in [9.17, 15) is 0 Å². The molecule has 1 aromatic carbocycles. The smallest absolute Gasteiger partial charge is 0.119 e. The first-order valence-corrected chi connectivity index (χ1v) is 7.98. The second-order valence-electron chi connectivity index (χ2n) is 5.72. The van der Waals surface area contributed by atoms with Gasteiger partial charge in [-0.2, -0.15) is 0 Å². The van der Waals surface area contributed by atoms with E-state index in [1.807, 2.05) is 30.5 Å². The molecule has 0 fully saturated rings. The van der Waals surface area contributed by atoms with Gasteiger partial charge in [0.15, 0.2) is 0 Å². The van der Waals surface area contributed by atoms with Crippen LogP contribution in [0.25, 0.3) is 0 Å². The molecule has 0 saturated carbocycles. The first-order valence-electron chi connectivity index (χ1n) is 7.98. The van der Waals surface area contributed by atoms with Gasteiger partial charge < -0.3 is 4.74 Å². The number of aliphatic imine (C=N–C) groups is 1. The number of unbranched alkanes of at least 4 members (excludes halogenated alkanes) is 1. The van der Waals surface area contributed by atoms with Gasteiger partial charge in [-0.25, -0.2) is 0 Å². The lowest BCUT2D eigenvalue weighted by molar-refractivity contribution is 0.414. The van der Waals surface area contributed by atoms with Crippen LogP contribution < -0.4 is 4.74 Å². The zero-order chi connectivity index (χ0) is 15.4. The highest BCUT2D eigenvalue weighted by atomic mass is 16.5. The average molecular weight is 294 g/mol. The zero-order valence-corrected chi connectivity index (χ0v) is 13.2. The molecule has 0 saturated heterocycles. The Morgan fingerprint density at radius 1 is 1.23 bits per heavy atom. The van der Waals surface area contributed by atoms with E-state index in [-0.39, 0.29) is 0 Å². The fraction of sp³-hybridized carbons (Fsp3) is 0.368. The minimum Gasteiger partial charge on any atom is -0.497 e. The third-order valence-corrected chi connectivity index (χ3v) is 4.13. The topological polar surface area (TPSA) is 34.5 Å². The Morgan fingerprint density at radius 3 is 2.86 bits per heavy atom. The van der Waals surface area contributed by atoms with E-state index in [0.717, 1.165) is 30.0 Å². The molecule has 0 N–H and O–H groups in total. The van der Waals surface area contributed by atoms with Crippen LogP contribution in [0.5, 0.6) is 5.75 Å². The van der Waals surface area contributed by atoms with E-state index in [4.69, 9.17) is 9.73 Å². The molecule has 1 aromatic heterocycles. The Balaban J connectivity index is 2.02. The number of nitrogens with zero attached hydrogens (tertiary/aromatic N) is 2. The van der Waals surface area contributed by atoms with Crippen LogP contribution in [0.15, 0.2) is 47.6 Å². The lowest BCUT2D eigenvalue weighted by Gasteiger charge is -2.24. The van der Waals surface area contributed by atoms with Crippen LogP contribution in [0.1, 0.15) is 43.0 Å². The molecule has 3 nitrogen and oxygen atoms in total. The molecule has 1 aliphatic rings. The number of hydrogen-bond donors (Lipinski definition) is 0. The van der Waals surface area contributed by atoms with E-state index in [2.05, 4.69) is 24.0 Å². The van der Waals surface area contributed by atoms with Crippen molar-refractivity contribution in [1.29, 1.82) is 0 Å². The molecule has 1 aliphatic heterocycles. The summed E-state index contributed by atoms with van der Waals surface area (Å²) in [5, 5.41) is 0. The minimum atomic E-state index is 0.344. The van der Waals surface area contributed by atoms with Crippen LogP contribution in [0, 0.1) is 0 Å². The van der Waals surface area contributed by atoms with Crippen molar-refractivity contribution < 1.29 is 4.74 Å². The highest BCUT2D eigenvalue weighted by molar-refractivity contribution is 6.13. The van der Waals surface area contributed by atoms with Crippen molar-refractivity contribution in [2.45, 2.75) is 38.6 Å². The van der Waals surface area contributed by atoms with Gasteiger partial charge in [-0.1, -0.05) is 25.8 Å². The number of hydrogen-bond acceptors (Lipinski definition) is 3. The largest absolute Gasteiger partial charge is 0.497 e. The monoisotopic (exact) mass is 294 g/mol. The standard InChI is InChI=1S/C19H22N2O/c1-3-4-7-15-12-14-13-16(22-2)9-10-17(14)19(21-15)18-8-5-6-11-20-18/h5-6,8-11,13,15H,3-4,7,12H2,1-2H3. The van der Waals surface area contributed by atoms with Gasteiger partial charge in [0.1, 0.15) is 5.75 Å². The van der Waals surface area contributed by atoms with Crippen molar-refractivity contribution in [3.8, 4) is 5.75 Å². The highest BCUT2D eigenvalue weighted by Gasteiger charge is 2.22. The summed E-state index contributed by atoms with van der Waals surface area (Å²) in [4.78, 5) is 9.50. The molecule has 1 unspecified atom stereocenters. The van der Waals surface area contributed by atoms with Crippen molar-refractivity contribution in [2.24, 2.45) is 4.99 Å². The maximum absolute atomic E-state index is 5.38. The van der Waals surface area contributed by atoms with Gasteiger partial charge in [0, 0.05) is 11.8 Å². The Morgan fingerprint density at radius 2 is 2.14 bits per heavy atom. The number of rotatable bonds is 5. The van der Waals surface area contributed by atoms with E-state index < -0.39 is 0 Å². The third-order valence-electron chi connectivity index (χ3n) is 4.13. The number of benzene rings is 1. The van der Waals surface area contributed by atoms with Gasteiger partial charge >= 0.3 is 0 Å². The molecule has 3 heteroatoms. The lowest BCUT2D eigenvalue weighted by Crippen LogP contribution is -2.22. The Hall–Kier alpha value is -2.16. The predicted molar refractivity (Wildman–Crippen MR) is 89.9 cm³/mol. The zero-order valence-electron chi connectivity index (χ0n) is 13.2. The molecule has 2 aromatic rings. The fourth-order valence-corrected chi connectivity index (χ4v) is 2.96. The molecule has 1 atom stereocenters. The first kappa shape index (κ1) is 14.8. The normalized spacial score (nSPS) is 16.8. The van der Waals surface area contributed by atoms with Crippen molar-refractivity contribution >= 4 is 5.71 Å². The number of ether oxygens (including phenoxy) is 1. The molecule has 0 aliphatic carbocycles. The van der Waals surface area contributed by atoms with Crippen LogP contribution in [-0.4, -0.2) is 23.8 Å². The van der Waals surface area contributed by atoms with Gasteiger partial charge in [0.25, 0.3) is 0 Å². The van der Waals surface area contributed by atoms with Gasteiger partial charge in [-0.3, -0.25) is 9.98 Å². The fourth-order valence-electron chi connectivity index (χ4n) is 2.96. The summed E-state index contributed by atoms with van der Waals surface area (Å²) in [6, 6.07) is 12.6. The van der Waals surface area contributed by atoms with Crippen LogP contribution in [0.4, 0.5) is 0 Å². The molecular weight excluding hydrogens is 272 g/mol. The van der Waals surface area contributed by atoms with E-state index in [1.165, 1.54) is 24.0 Å². The maximum Gasteiger partial charge on any atom is 0.119 e. The Labute approximate surface area is 132 Å². The number of methoxy groups -OCH3 is 1. The van der Waals surface area contributed by atoms with Crippen molar-refractivity contribution in [2.75, 3.05) is 7.11 Å². The van der Waals surface area contributed by atoms with E-state index >= 15 is 0 Å². The lowest BCUT2D eigenvalue weighted by atomic mass is 9.90. The van der Waals surface area contributed by atoms with Crippen LogP contribution in [-0.2, 0) is 6.42 Å². The quantitative estimate of drug-likeness (QED) is 0.834. The summed E-state index contributed by atoms with van der Waals surface area (Å²) in [6.07, 6.45) is 6.36. The summed E-state index contributed by atoms with van der Waals surface area (Å²) < 4.78 is 5.38. The van der Waals surface area contributed by atoms with E-state index in [1.54, 1.807) is 7.11 Å². The number of fused-ring (bicyclic) bond motifs is 1. The summed E-state index contributed by atoms with van der Waals surface area (Å²) in [5.41, 5.74) is 4.48. The van der Waals surface area contributed by atoms with Gasteiger partial charge in [0.2, 0.25) is 0 Å². The molecule has 0 radical (unpaired) electrons. The predicted octanol–water partition coefficient (Wildman–Crippen LogP) is 4.04. The number of aromatic nitrogens is 1. The molecule has 0 amide bonds. The van der Waals surface area contributed by atoms with Crippen molar-refractivity contribution in [1.82, 2.24) is 4.98 Å². The molecule has 114 valence electrons. The van der Waals surface area contributed by atoms with Crippen LogP contribution in [0.2, 0.25) is 0 Å². The maximum atomic E-state index is 5.38. The Kier molecular flexibility index (Phi) is 4.52. The van der Waals surface area contributed by atoms with E-state index in [0.29, 0.717) is 6.04 Å². The molecule has 2 heterocycles. The molecule has 3 rings (SSSR count). The van der Waals surface area contributed by atoms with Crippen molar-refractivity contribution in [3.63, 3.8) is 0 Å². The van der Waals surface area contributed by atoms with Gasteiger partial charge in [-0.15, -0.1) is 0 Å². The summed E-state index contributed by atoms with van der Waals surface area (Å²) in [7, 11) is 1.72. The van der Waals surface area contributed by atoms with Gasteiger partial charge in [-0.05, 0) is 48.7 Å². The van der Waals surface area contributed by atoms with Crippen LogP contribution >= 0.6 is 0 Å². The SMILES string of the molecule is CCCCC1Cc2cc(OC)ccc2C(c2ccccn2)=N1. The summed E-state index contributed by atoms with van der Waals surface area (Å²) in [6.45, 7) is 2.23. The van der Waals surface area contributed by atoms with Crippen LogP contribution in [0.3, 0.4) is 0 Å². The second-order valence-corrected chi connectivity index (χ2v) is 5.72. The highest BCUT2D eigenvalue weighted by Crippen LogP contribution is 2.28. The molecule has 0 bridgehead atoms. The average Bonchev–Trinajstić information content (AvgIpc) is 2.59. The third kappa shape index (κ3) is 3.03. The second kappa shape index (κ2) is 6.73. The minimum absolute atomic E-state index is 0.344. The van der Waals surface area contributed by atoms with Gasteiger partial charge in [0.05, 0.1) is 24.6 Å². The summed E-state index contributed by atoms with van der Waals surface area (Å²) in [5.74, 6) is 0.912. The summed E-state index contributed by atoms with van der Waals surface area (Å²) >= 11 is 0. The first-order chi connectivity index (χ1) is 10.8. The van der Waals surface area contributed by atoms with Crippen molar-refractivity contribution in [3.05, 3.63) is 59.4 Å².